The third-order valence-corrected chi connectivity index (χ3v) is 3.21. The molecular formula is C13H17F2NO. The van der Waals surface area contributed by atoms with E-state index in [4.69, 9.17) is 10.5 Å². The van der Waals surface area contributed by atoms with Crippen molar-refractivity contribution in [3.05, 3.63) is 35.4 Å². The monoisotopic (exact) mass is 241 g/mol. The van der Waals surface area contributed by atoms with Crippen LogP contribution in [0.5, 0.6) is 0 Å². The summed E-state index contributed by atoms with van der Waals surface area (Å²) >= 11 is 0. The topological polar surface area (TPSA) is 35.2 Å². The number of rotatable bonds is 3. The summed E-state index contributed by atoms with van der Waals surface area (Å²) < 4.78 is 31.9. The first kappa shape index (κ1) is 12.5. The van der Waals surface area contributed by atoms with E-state index in [2.05, 4.69) is 0 Å². The van der Waals surface area contributed by atoms with Crippen molar-refractivity contribution < 1.29 is 13.5 Å². The quantitative estimate of drug-likeness (QED) is 0.883. The lowest BCUT2D eigenvalue weighted by atomic mass is 9.93. The van der Waals surface area contributed by atoms with E-state index >= 15 is 0 Å². The Morgan fingerprint density at radius 2 is 2.00 bits per heavy atom. The summed E-state index contributed by atoms with van der Waals surface area (Å²) in [6.07, 6.45) is 4.01. The van der Waals surface area contributed by atoms with Crippen molar-refractivity contribution in [2.45, 2.75) is 44.4 Å². The van der Waals surface area contributed by atoms with Gasteiger partial charge in [-0.05, 0) is 31.0 Å². The first-order valence-corrected chi connectivity index (χ1v) is 5.98. The minimum atomic E-state index is -0.446. The molecule has 0 bridgehead atoms. The van der Waals surface area contributed by atoms with Gasteiger partial charge >= 0.3 is 0 Å². The number of halogens is 2. The molecule has 2 atom stereocenters. The van der Waals surface area contributed by atoms with Crippen molar-refractivity contribution in [1.29, 1.82) is 0 Å². The van der Waals surface area contributed by atoms with E-state index in [1.807, 2.05) is 0 Å². The van der Waals surface area contributed by atoms with E-state index in [9.17, 15) is 8.78 Å². The highest BCUT2D eigenvalue weighted by atomic mass is 19.1. The van der Waals surface area contributed by atoms with Gasteiger partial charge in [0.25, 0.3) is 0 Å². The second-order valence-electron chi connectivity index (χ2n) is 4.53. The van der Waals surface area contributed by atoms with E-state index in [0.29, 0.717) is 0 Å². The van der Waals surface area contributed by atoms with Crippen LogP contribution < -0.4 is 5.73 Å². The number of benzene rings is 1. The maximum absolute atomic E-state index is 13.3. The molecule has 0 heterocycles. The third kappa shape index (κ3) is 3.23. The molecular weight excluding hydrogens is 224 g/mol. The summed E-state index contributed by atoms with van der Waals surface area (Å²) in [5, 5.41) is 0. The molecule has 1 aliphatic carbocycles. The van der Waals surface area contributed by atoms with Gasteiger partial charge in [0.05, 0.1) is 12.7 Å². The SMILES string of the molecule is N[C@@H]1CCCC[C@H]1OCc1cc(F)ccc1F. The zero-order valence-corrected chi connectivity index (χ0v) is 9.66. The van der Waals surface area contributed by atoms with Gasteiger partial charge in [-0.3, -0.25) is 0 Å². The molecule has 2 nitrogen and oxygen atoms in total. The molecule has 1 aromatic rings. The molecule has 0 aromatic heterocycles. The average molecular weight is 241 g/mol. The molecule has 1 aliphatic rings. The fourth-order valence-corrected chi connectivity index (χ4v) is 2.18. The minimum Gasteiger partial charge on any atom is -0.372 e. The highest BCUT2D eigenvalue weighted by molar-refractivity contribution is 5.17. The summed E-state index contributed by atoms with van der Waals surface area (Å²) in [5.41, 5.74) is 6.17. The van der Waals surface area contributed by atoms with Crippen LogP contribution in [0.15, 0.2) is 18.2 Å². The first-order chi connectivity index (χ1) is 8.16. The third-order valence-electron chi connectivity index (χ3n) is 3.21. The Morgan fingerprint density at radius 1 is 1.24 bits per heavy atom. The van der Waals surface area contributed by atoms with Gasteiger partial charge in [0.2, 0.25) is 0 Å². The first-order valence-electron chi connectivity index (χ1n) is 5.98. The number of hydrogen-bond donors (Lipinski definition) is 1. The van der Waals surface area contributed by atoms with E-state index in [0.717, 1.165) is 37.8 Å². The van der Waals surface area contributed by atoms with Crippen molar-refractivity contribution in [1.82, 2.24) is 0 Å². The summed E-state index contributed by atoms with van der Waals surface area (Å²) in [4.78, 5) is 0. The van der Waals surface area contributed by atoms with Crippen LogP contribution in [0.4, 0.5) is 8.78 Å². The second-order valence-corrected chi connectivity index (χ2v) is 4.53. The molecule has 2 N–H and O–H groups in total. The molecule has 0 saturated heterocycles. The van der Waals surface area contributed by atoms with Gasteiger partial charge in [0, 0.05) is 11.6 Å². The molecule has 1 saturated carbocycles. The Hall–Kier alpha value is -1.00. The van der Waals surface area contributed by atoms with Crippen LogP contribution in [0.2, 0.25) is 0 Å². The highest BCUT2D eigenvalue weighted by Crippen LogP contribution is 2.21. The Kier molecular flexibility index (Phi) is 4.07. The van der Waals surface area contributed by atoms with Gasteiger partial charge in [-0.1, -0.05) is 12.8 Å². The largest absolute Gasteiger partial charge is 0.372 e. The maximum Gasteiger partial charge on any atom is 0.128 e. The van der Waals surface area contributed by atoms with E-state index in [1.54, 1.807) is 0 Å². The second kappa shape index (κ2) is 5.56. The predicted octanol–water partition coefficient (Wildman–Crippen LogP) is 2.75. The molecule has 0 aliphatic heterocycles. The molecule has 2 rings (SSSR count). The van der Waals surface area contributed by atoms with Crippen LogP contribution in [0.3, 0.4) is 0 Å². The Morgan fingerprint density at radius 3 is 2.76 bits per heavy atom. The summed E-state index contributed by atoms with van der Waals surface area (Å²) in [7, 11) is 0. The van der Waals surface area contributed by atoms with Crippen molar-refractivity contribution in [2.24, 2.45) is 5.73 Å². The molecule has 17 heavy (non-hydrogen) atoms. The standard InChI is InChI=1S/C13H17F2NO/c14-10-5-6-11(15)9(7-10)8-17-13-4-2-1-3-12(13)16/h5-7,12-13H,1-4,8,16H2/t12-,13-/m1/s1. The van der Waals surface area contributed by atoms with Crippen LogP contribution in [0, 0.1) is 11.6 Å². The van der Waals surface area contributed by atoms with E-state index < -0.39 is 11.6 Å². The Bertz CT molecular complexity index is 384. The molecule has 0 radical (unpaired) electrons. The van der Waals surface area contributed by atoms with Gasteiger partial charge < -0.3 is 10.5 Å². The molecule has 0 unspecified atom stereocenters. The molecule has 1 fully saturated rings. The molecule has 94 valence electrons. The van der Waals surface area contributed by atoms with Crippen LogP contribution in [-0.2, 0) is 11.3 Å². The number of nitrogens with two attached hydrogens (primary N) is 1. The van der Waals surface area contributed by atoms with Crippen molar-refractivity contribution >= 4 is 0 Å². The van der Waals surface area contributed by atoms with Crippen molar-refractivity contribution in [3.8, 4) is 0 Å². The highest BCUT2D eigenvalue weighted by Gasteiger charge is 2.22. The van der Waals surface area contributed by atoms with E-state index in [1.165, 1.54) is 6.07 Å². The summed E-state index contributed by atoms with van der Waals surface area (Å²) in [6.45, 7) is 0.0853. The maximum atomic E-state index is 13.3. The van der Waals surface area contributed by atoms with Crippen molar-refractivity contribution in [3.63, 3.8) is 0 Å². The number of hydrogen-bond acceptors (Lipinski definition) is 2. The predicted molar refractivity (Wildman–Crippen MR) is 61.4 cm³/mol. The Balaban J connectivity index is 1.94. The van der Waals surface area contributed by atoms with Gasteiger partial charge in [0.1, 0.15) is 11.6 Å². The Labute approximate surface area is 99.8 Å². The fourth-order valence-electron chi connectivity index (χ4n) is 2.18. The molecule has 0 amide bonds. The summed E-state index contributed by atoms with van der Waals surface area (Å²) in [5.74, 6) is -0.881. The summed E-state index contributed by atoms with van der Waals surface area (Å²) in [6, 6.07) is 3.41. The lowest BCUT2D eigenvalue weighted by molar-refractivity contribution is 0.00278. The zero-order chi connectivity index (χ0) is 12.3. The van der Waals surface area contributed by atoms with Gasteiger partial charge in [-0.25, -0.2) is 8.78 Å². The van der Waals surface area contributed by atoms with Crippen LogP contribution in [0.25, 0.3) is 0 Å². The zero-order valence-electron chi connectivity index (χ0n) is 9.66. The molecule has 0 spiro atoms. The fraction of sp³-hybridized carbons (Fsp3) is 0.538. The van der Waals surface area contributed by atoms with Crippen LogP contribution >= 0.6 is 0 Å². The lowest BCUT2D eigenvalue weighted by Crippen LogP contribution is -2.39. The number of ether oxygens (including phenoxy) is 1. The molecule has 4 heteroatoms. The lowest BCUT2D eigenvalue weighted by Gasteiger charge is -2.28. The average Bonchev–Trinajstić information content (AvgIpc) is 2.32. The van der Waals surface area contributed by atoms with E-state index in [-0.39, 0.29) is 24.3 Å². The normalized spacial score (nSPS) is 24.9. The van der Waals surface area contributed by atoms with Gasteiger partial charge in [-0.15, -0.1) is 0 Å². The minimum absolute atomic E-state index is 0.0142. The van der Waals surface area contributed by atoms with Crippen LogP contribution in [-0.4, -0.2) is 12.1 Å². The van der Waals surface area contributed by atoms with Gasteiger partial charge in [-0.2, -0.15) is 0 Å². The van der Waals surface area contributed by atoms with Crippen LogP contribution in [0.1, 0.15) is 31.2 Å². The van der Waals surface area contributed by atoms with Crippen molar-refractivity contribution in [2.75, 3.05) is 0 Å². The molecule has 1 aromatic carbocycles. The van der Waals surface area contributed by atoms with Gasteiger partial charge in [0.15, 0.2) is 0 Å². The smallest absolute Gasteiger partial charge is 0.128 e.